The number of aromatic nitrogens is 3. The molecule has 1 fully saturated rings. The van der Waals surface area contributed by atoms with Gasteiger partial charge >= 0.3 is 6.03 Å². The fraction of sp³-hybridized carbons (Fsp3) is 0.265. The summed E-state index contributed by atoms with van der Waals surface area (Å²) in [7, 11) is 2.18. The highest BCUT2D eigenvalue weighted by atomic mass is 16.2. The maximum atomic E-state index is 13.2. The first kappa shape index (κ1) is 27.0. The lowest BCUT2D eigenvalue weighted by atomic mass is 10.0. The van der Waals surface area contributed by atoms with Crippen LogP contribution in [-0.2, 0) is 13.1 Å². The molecule has 7 rings (SSSR count). The van der Waals surface area contributed by atoms with Crippen LogP contribution in [0.4, 0.5) is 22.1 Å². The minimum atomic E-state index is -0.123. The zero-order chi connectivity index (χ0) is 29.7. The summed E-state index contributed by atoms with van der Waals surface area (Å²) >= 11 is 0. The van der Waals surface area contributed by atoms with Gasteiger partial charge in [-0.2, -0.15) is 4.98 Å². The number of hydrogen-bond donors (Lipinski definition) is 3. The summed E-state index contributed by atoms with van der Waals surface area (Å²) in [5.41, 5.74) is 15.8. The molecule has 0 saturated carbocycles. The number of benzene rings is 3. The molecular formula is C34H36N8O. The van der Waals surface area contributed by atoms with Crippen LogP contribution in [0.5, 0.6) is 0 Å². The van der Waals surface area contributed by atoms with Crippen molar-refractivity contribution in [3.05, 3.63) is 89.5 Å². The molecule has 1 atom stereocenters. The van der Waals surface area contributed by atoms with Gasteiger partial charge in [0.1, 0.15) is 5.65 Å². The Morgan fingerprint density at radius 1 is 0.977 bits per heavy atom. The molecule has 1 unspecified atom stereocenters. The van der Waals surface area contributed by atoms with Gasteiger partial charge in [-0.1, -0.05) is 48.5 Å². The number of rotatable bonds is 4. The van der Waals surface area contributed by atoms with Gasteiger partial charge in [0.15, 0.2) is 0 Å². The van der Waals surface area contributed by atoms with E-state index in [9.17, 15) is 4.79 Å². The van der Waals surface area contributed by atoms with Gasteiger partial charge < -0.3 is 30.7 Å². The predicted molar refractivity (Wildman–Crippen MR) is 173 cm³/mol. The second-order valence-electron chi connectivity index (χ2n) is 11.8. The predicted octanol–water partition coefficient (Wildman–Crippen LogP) is 5.87. The number of nitrogens with one attached hydrogen (secondary N) is 2. The van der Waals surface area contributed by atoms with Gasteiger partial charge in [-0.3, -0.25) is 0 Å². The van der Waals surface area contributed by atoms with E-state index in [2.05, 4.69) is 86.5 Å². The van der Waals surface area contributed by atoms with E-state index in [0.717, 1.165) is 58.8 Å². The number of urea groups is 1. The summed E-state index contributed by atoms with van der Waals surface area (Å²) < 4.78 is 0. The molecule has 4 N–H and O–H groups in total. The smallest absolute Gasteiger partial charge is 0.322 e. The van der Waals surface area contributed by atoms with E-state index in [4.69, 9.17) is 5.73 Å². The number of anilines is 3. The molecule has 3 aromatic carbocycles. The maximum absolute atomic E-state index is 13.2. The first-order valence-electron chi connectivity index (χ1n) is 14.8. The normalized spacial score (nSPS) is 17.0. The monoisotopic (exact) mass is 572 g/mol. The minimum absolute atomic E-state index is 0.123. The van der Waals surface area contributed by atoms with Crippen LogP contribution in [0.2, 0.25) is 0 Å². The first-order valence-corrected chi connectivity index (χ1v) is 14.8. The van der Waals surface area contributed by atoms with Crippen LogP contribution in [0.3, 0.4) is 0 Å². The van der Waals surface area contributed by atoms with Gasteiger partial charge in [0.2, 0.25) is 5.95 Å². The number of amides is 2. The highest BCUT2D eigenvalue weighted by Gasteiger charge is 2.24. The summed E-state index contributed by atoms with van der Waals surface area (Å²) in [5, 5.41) is 4.00. The van der Waals surface area contributed by atoms with Gasteiger partial charge in [0.25, 0.3) is 0 Å². The Balaban J connectivity index is 1.17. The summed E-state index contributed by atoms with van der Waals surface area (Å²) in [4.78, 5) is 32.5. The largest absolute Gasteiger partial charge is 0.368 e. The van der Waals surface area contributed by atoms with Crippen LogP contribution in [0, 0.1) is 6.92 Å². The molecule has 0 bridgehead atoms. The topological polar surface area (TPSA) is 106 Å². The van der Waals surface area contributed by atoms with Crippen molar-refractivity contribution in [3.63, 3.8) is 0 Å². The number of carbonyl (C=O) groups is 1. The van der Waals surface area contributed by atoms with E-state index in [1.54, 1.807) is 0 Å². The van der Waals surface area contributed by atoms with E-state index >= 15 is 0 Å². The highest BCUT2D eigenvalue weighted by molar-refractivity contribution is 5.98. The number of aromatic amines is 1. The van der Waals surface area contributed by atoms with Crippen molar-refractivity contribution in [2.24, 2.45) is 0 Å². The molecule has 43 heavy (non-hydrogen) atoms. The van der Waals surface area contributed by atoms with Crippen LogP contribution in [0.1, 0.15) is 23.6 Å². The zero-order valence-electron chi connectivity index (χ0n) is 24.8. The molecule has 0 spiro atoms. The summed E-state index contributed by atoms with van der Waals surface area (Å²) in [5.74, 6) is 0.193. The van der Waals surface area contributed by atoms with Crippen LogP contribution in [0.15, 0.2) is 72.8 Å². The van der Waals surface area contributed by atoms with Crippen molar-refractivity contribution < 1.29 is 4.79 Å². The van der Waals surface area contributed by atoms with Crippen molar-refractivity contribution in [2.45, 2.75) is 33.0 Å². The number of piperazine rings is 1. The Hall–Kier alpha value is -4.89. The molecule has 218 valence electrons. The number of likely N-dealkylation sites (N-methyl/N-ethyl adjacent to an activating group) is 1. The van der Waals surface area contributed by atoms with Gasteiger partial charge in [-0.15, -0.1) is 0 Å². The van der Waals surface area contributed by atoms with Crippen molar-refractivity contribution in [2.75, 3.05) is 42.6 Å². The lowest BCUT2D eigenvalue weighted by Gasteiger charge is -2.39. The number of nitrogens with two attached hydrogens (primary N) is 1. The quantitative estimate of drug-likeness (QED) is 0.249. The van der Waals surface area contributed by atoms with Crippen LogP contribution in [0.25, 0.3) is 33.5 Å². The number of H-pyrrole nitrogens is 1. The Morgan fingerprint density at radius 3 is 2.44 bits per heavy atom. The SMILES string of the molecule is Cc1c(NC(=O)N2Cc3ccccc3C2)cccc1-c1nc(N)nc2[nH]c(-c3ccc(N4CCN(C)CC4C)cc3)cc12. The van der Waals surface area contributed by atoms with Crippen molar-refractivity contribution in [1.29, 1.82) is 0 Å². The average Bonchev–Trinajstić information content (AvgIpc) is 3.63. The molecule has 4 heterocycles. The zero-order valence-corrected chi connectivity index (χ0v) is 24.8. The van der Waals surface area contributed by atoms with Crippen LogP contribution in [-0.4, -0.2) is 63.5 Å². The lowest BCUT2D eigenvalue weighted by Crippen LogP contribution is -2.50. The minimum Gasteiger partial charge on any atom is -0.368 e. The molecule has 2 aliphatic rings. The molecule has 2 amide bonds. The Kier molecular flexibility index (Phi) is 6.74. The summed E-state index contributed by atoms with van der Waals surface area (Å²) in [6.07, 6.45) is 0. The maximum Gasteiger partial charge on any atom is 0.322 e. The first-order chi connectivity index (χ1) is 20.8. The molecule has 9 heteroatoms. The van der Waals surface area contributed by atoms with Gasteiger partial charge in [0.05, 0.1) is 5.69 Å². The Bertz CT molecular complexity index is 1800. The standard InChI is InChI=1S/C34H36N8O/c1-21-18-40(3)15-16-42(21)26-13-11-23(12-14-26)30-17-28-31(38-33(35)39-32(28)36-30)27-9-6-10-29(22(27)2)37-34(43)41-19-24-7-4-5-8-25(24)20-41/h4-14,17,21H,15-16,18-20H2,1-3H3,(H,37,43)(H3,35,36,38,39). The van der Waals surface area contributed by atoms with E-state index in [1.165, 1.54) is 16.8 Å². The summed E-state index contributed by atoms with van der Waals surface area (Å²) in [6, 6.07) is 25.2. The third-order valence-electron chi connectivity index (χ3n) is 8.80. The van der Waals surface area contributed by atoms with Gasteiger partial charge in [0, 0.05) is 66.8 Å². The van der Waals surface area contributed by atoms with Gasteiger partial charge in [-0.05, 0) is 67.4 Å². The molecule has 2 aliphatic heterocycles. The number of nitrogen functional groups attached to an aromatic ring is 1. The third kappa shape index (κ3) is 5.06. The number of fused-ring (bicyclic) bond motifs is 2. The van der Waals surface area contributed by atoms with E-state index in [0.29, 0.717) is 24.8 Å². The molecule has 0 radical (unpaired) electrons. The molecule has 2 aromatic heterocycles. The van der Waals surface area contributed by atoms with E-state index in [-0.39, 0.29) is 12.0 Å². The van der Waals surface area contributed by atoms with Crippen LogP contribution >= 0.6 is 0 Å². The molecule has 5 aromatic rings. The average molecular weight is 573 g/mol. The van der Waals surface area contributed by atoms with Crippen molar-refractivity contribution in [3.8, 4) is 22.5 Å². The summed E-state index contributed by atoms with van der Waals surface area (Å²) in [6.45, 7) is 8.62. The van der Waals surface area contributed by atoms with Crippen molar-refractivity contribution in [1.82, 2.24) is 24.8 Å². The second kappa shape index (κ2) is 10.7. The highest BCUT2D eigenvalue weighted by Crippen LogP contribution is 2.35. The second-order valence-corrected chi connectivity index (χ2v) is 11.8. The van der Waals surface area contributed by atoms with E-state index < -0.39 is 0 Å². The molecule has 9 nitrogen and oxygen atoms in total. The van der Waals surface area contributed by atoms with Crippen molar-refractivity contribution >= 4 is 34.4 Å². The van der Waals surface area contributed by atoms with E-state index in [1.807, 2.05) is 42.2 Å². The molecule has 0 aliphatic carbocycles. The third-order valence-corrected chi connectivity index (χ3v) is 8.80. The van der Waals surface area contributed by atoms with Gasteiger partial charge in [-0.25, -0.2) is 9.78 Å². The van der Waals surface area contributed by atoms with Crippen LogP contribution < -0.4 is 16.0 Å². The molecule has 1 saturated heterocycles. The Morgan fingerprint density at radius 2 is 1.72 bits per heavy atom. The fourth-order valence-electron chi connectivity index (χ4n) is 6.44. The fourth-order valence-corrected chi connectivity index (χ4v) is 6.44. The Labute approximate surface area is 251 Å². The number of hydrogen-bond acceptors (Lipinski definition) is 6. The number of carbonyl (C=O) groups excluding carboxylic acids is 1. The number of nitrogens with zero attached hydrogens (tertiary/aromatic N) is 5. The lowest BCUT2D eigenvalue weighted by molar-refractivity contribution is 0.212. The molecular weight excluding hydrogens is 536 g/mol.